The zero-order valence-corrected chi connectivity index (χ0v) is 18.7. The number of benzene rings is 4. The molecule has 33 heavy (non-hydrogen) atoms. The van der Waals surface area contributed by atoms with Gasteiger partial charge in [0.25, 0.3) is 0 Å². The van der Waals surface area contributed by atoms with Gasteiger partial charge in [-0.25, -0.2) is 0 Å². The number of hydrogen-bond acceptors (Lipinski definition) is 4. The molecule has 0 aromatic heterocycles. The van der Waals surface area contributed by atoms with E-state index in [1.807, 2.05) is 62.4 Å². The molecule has 4 nitrogen and oxygen atoms in total. The summed E-state index contributed by atoms with van der Waals surface area (Å²) in [7, 11) is 0. The van der Waals surface area contributed by atoms with E-state index in [1.54, 1.807) is 24.6 Å². The van der Waals surface area contributed by atoms with Gasteiger partial charge in [0, 0.05) is 23.6 Å². The lowest BCUT2D eigenvalue weighted by atomic mass is 10.0. The van der Waals surface area contributed by atoms with Gasteiger partial charge in [0.15, 0.2) is 0 Å². The van der Waals surface area contributed by atoms with E-state index in [-0.39, 0.29) is 11.5 Å². The second-order valence-corrected chi connectivity index (χ2v) is 8.15. The van der Waals surface area contributed by atoms with Crippen LogP contribution in [-0.2, 0) is 6.42 Å². The summed E-state index contributed by atoms with van der Waals surface area (Å²) in [6, 6.07) is 27.1. The number of aromatic hydroxyl groups is 2. The van der Waals surface area contributed by atoms with Gasteiger partial charge in [-0.15, -0.1) is 0 Å². The first-order valence-electron chi connectivity index (χ1n) is 10.8. The molecule has 0 heterocycles. The van der Waals surface area contributed by atoms with Gasteiger partial charge in [-0.2, -0.15) is 0 Å². The molecule has 0 spiro atoms. The van der Waals surface area contributed by atoms with Crippen molar-refractivity contribution in [2.75, 3.05) is 0 Å². The Morgan fingerprint density at radius 2 is 0.970 bits per heavy atom. The fourth-order valence-corrected chi connectivity index (χ4v) is 3.48. The average molecular weight is 435 g/mol. The maximum atomic E-state index is 9.94. The Bertz CT molecular complexity index is 1200. The monoisotopic (exact) mass is 434 g/mol. The van der Waals surface area contributed by atoms with Crippen molar-refractivity contribution < 1.29 is 10.2 Å². The molecule has 0 radical (unpaired) electrons. The molecule has 0 aliphatic heterocycles. The average Bonchev–Trinajstić information content (AvgIpc) is 2.82. The summed E-state index contributed by atoms with van der Waals surface area (Å²) in [5, 5.41) is 19.9. The standard InChI is InChI=1S/C29H26N2O2/c1-20-3-13-28(32)24(15-20)18-30-26-9-5-22(6-10-26)17-23-7-11-27(12-8-23)31-19-25-16-21(2)4-14-29(25)33/h3-16,18-19,32-33H,17H2,1-2H3. The van der Waals surface area contributed by atoms with E-state index in [0.717, 1.165) is 28.9 Å². The molecule has 0 fully saturated rings. The van der Waals surface area contributed by atoms with Crippen LogP contribution in [0.5, 0.6) is 11.5 Å². The van der Waals surface area contributed by atoms with Crippen LogP contribution in [0.4, 0.5) is 11.4 Å². The van der Waals surface area contributed by atoms with E-state index in [2.05, 4.69) is 34.3 Å². The lowest BCUT2D eigenvalue weighted by Gasteiger charge is -2.04. The third kappa shape index (κ3) is 5.95. The molecule has 4 aromatic rings. The van der Waals surface area contributed by atoms with Crippen LogP contribution in [0.2, 0.25) is 0 Å². The van der Waals surface area contributed by atoms with E-state index in [1.165, 1.54) is 11.1 Å². The fourth-order valence-electron chi connectivity index (χ4n) is 3.48. The number of phenols is 2. The van der Waals surface area contributed by atoms with E-state index < -0.39 is 0 Å². The first-order chi connectivity index (χ1) is 16.0. The zero-order valence-electron chi connectivity index (χ0n) is 18.7. The van der Waals surface area contributed by atoms with Crippen LogP contribution < -0.4 is 0 Å². The highest BCUT2D eigenvalue weighted by Crippen LogP contribution is 2.21. The van der Waals surface area contributed by atoms with Crippen molar-refractivity contribution in [2.45, 2.75) is 20.3 Å². The van der Waals surface area contributed by atoms with Gasteiger partial charge in [0.05, 0.1) is 11.4 Å². The second kappa shape index (κ2) is 9.96. The van der Waals surface area contributed by atoms with Crippen LogP contribution in [0.1, 0.15) is 33.4 Å². The molecule has 0 amide bonds. The van der Waals surface area contributed by atoms with Gasteiger partial charge in [-0.1, -0.05) is 47.5 Å². The summed E-state index contributed by atoms with van der Waals surface area (Å²) < 4.78 is 0. The summed E-state index contributed by atoms with van der Waals surface area (Å²) in [5.74, 6) is 0.453. The van der Waals surface area contributed by atoms with Crippen molar-refractivity contribution in [2.24, 2.45) is 9.98 Å². The highest BCUT2D eigenvalue weighted by molar-refractivity contribution is 5.86. The van der Waals surface area contributed by atoms with Crippen molar-refractivity contribution in [3.63, 3.8) is 0 Å². The van der Waals surface area contributed by atoms with Gasteiger partial charge >= 0.3 is 0 Å². The summed E-state index contributed by atoms with van der Waals surface area (Å²) in [5.41, 5.74) is 7.62. The Kier molecular flexibility index (Phi) is 6.65. The summed E-state index contributed by atoms with van der Waals surface area (Å²) in [4.78, 5) is 8.95. The van der Waals surface area contributed by atoms with Gasteiger partial charge in [-0.05, 0) is 79.9 Å². The van der Waals surface area contributed by atoms with E-state index in [0.29, 0.717) is 11.1 Å². The SMILES string of the molecule is Cc1ccc(O)c(C=Nc2ccc(Cc3ccc(N=Cc4cc(C)ccc4O)cc3)cc2)c1. The van der Waals surface area contributed by atoms with E-state index in [4.69, 9.17) is 0 Å². The quantitative estimate of drug-likeness (QED) is 0.328. The van der Waals surface area contributed by atoms with E-state index in [9.17, 15) is 10.2 Å². The molecule has 0 saturated carbocycles. The predicted octanol–water partition coefficient (Wildman–Crippen LogP) is 6.81. The minimum Gasteiger partial charge on any atom is -0.507 e. The Labute approximate surface area is 194 Å². The largest absolute Gasteiger partial charge is 0.507 e. The van der Waals surface area contributed by atoms with Gasteiger partial charge < -0.3 is 10.2 Å². The molecule has 164 valence electrons. The normalized spacial score (nSPS) is 11.5. The molecule has 0 aliphatic rings. The molecule has 0 atom stereocenters. The molecule has 4 rings (SSSR count). The van der Waals surface area contributed by atoms with Crippen molar-refractivity contribution in [1.29, 1.82) is 0 Å². The number of nitrogens with zero attached hydrogens (tertiary/aromatic N) is 2. The first-order valence-corrected chi connectivity index (χ1v) is 10.8. The summed E-state index contributed by atoms with van der Waals surface area (Å²) in [6.45, 7) is 3.97. The Morgan fingerprint density at radius 1 is 0.576 bits per heavy atom. The molecule has 0 bridgehead atoms. The topological polar surface area (TPSA) is 65.2 Å². The Hall–Kier alpha value is -4.18. The second-order valence-electron chi connectivity index (χ2n) is 8.15. The first kappa shape index (κ1) is 22.0. The predicted molar refractivity (Wildman–Crippen MR) is 136 cm³/mol. The Balaban J connectivity index is 1.39. The molecule has 4 heteroatoms. The maximum Gasteiger partial charge on any atom is 0.124 e. The number of hydrogen-bond donors (Lipinski definition) is 2. The highest BCUT2D eigenvalue weighted by atomic mass is 16.3. The molecule has 2 N–H and O–H groups in total. The number of aliphatic imine (C=N–C) groups is 2. The minimum absolute atomic E-state index is 0.226. The van der Waals surface area contributed by atoms with Gasteiger partial charge in [0.1, 0.15) is 11.5 Å². The van der Waals surface area contributed by atoms with Crippen LogP contribution in [0, 0.1) is 13.8 Å². The van der Waals surface area contributed by atoms with Crippen molar-refractivity contribution >= 4 is 23.8 Å². The lowest BCUT2D eigenvalue weighted by Crippen LogP contribution is -1.88. The van der Waals surface area contributed by atoms with E-state index >= 15 is 0 Å². The van der Waals surface area contributed by atoms with Crippen LogP contribution in [0.25, 0.3) is 0 Å². The van der Waals surface area contributed by atoms with Crippen molar-refractivity contribution in [1.82, 2.24) is 0 Å². The number of aryl methyl sites for hydroxylation is 2. The van der Waals surface area contributed by atoms with Crippen molar-refractivity contribution in [3.05, 3.63) is 118 Å². The maximum absolute atomic E-state index is 9.94. The highest BCUT2D eigenvalue weighted by Gasteiger charge is 2.01. The third-order valence-corrected chi connectivity index (χ3v) is 5.35. The van der Waals surface area contributed by atoms with Crippen LogP contribution >= 0.6 is 0 Å². The third-order valence-electron chi connectivity index (χ3n) is 5.35. The van der Waals surface area contributed by atoms with Crippen LogP contribution in [0.3, 0.4) is 0 Å². The lowest BCUT2D eigenvalue weighted by molar-refractivity contribution is 0.474. The molecule has 4 aromatic carbocycles. The molecule has 0 unspecified atom stereocenters. The molecular formula is C29H26N2O2. The zero-order chi connectivity index (χ0) is 23.2. The number of phenolic OH excluding ortho intramolecular Hbond substituents is 2. The summed E-state index contributed by atoms with van der Waals surface area (Å²) in [6.07, 6.45) is 4.19. The van der Waals surface area contributed by atoms with Crippen molar-refractivity contribution in [3.8, 4) is 11.5 Å². The molecular weight excluding hydrogens is 408 g/mol. The fraction of sp³-hybridized carbons (Fsp3) is 0.103. The number of rotatable bonds is 6. The van der Waals surface area contributed by atoms with Crippen LogP contribution in [0.15, 0.2) is 94.9 Å². The smallest absolute Gasteiger partial charge is 0.124 e. The van der Waals surface area contributed by atoms with Crippen LogP contribution in [-0.4, -0.2) is 22.6 Å². The Morgan fingerprint density at radius 3 is 1.36 bits per heavy atom. The van der Waals surface area contributed by atoms with Gasteiger partial charge in [-0.3, -0.25) is 9.98 Å². The molecule has 0 saturated heterocycles. The van der Waals surface area contributed by atoms with Gasteiger partial charge in [0.2, 0.25) is 0 Å². The summed E-state index contributed by atoms with van der Waals surface area (Å²) >= 11 is 0. The molecule has 0 aliphatic carbocycles. The minimum atomic E-state index is 0.226.